The average molecular weight is 292 g/mol. The highest BCUT2D eigenvalue weighted by atomic mass is 16.5. The molecule has 2 aromatic rings. The van der Waals surface area contributed by atoms with Crippen LogP contribution in [0.2, 0.25) is 0 Å². The number of furan rings is 1. The minimum Gasteiger partial charge on any atom is -0.480 e. The highest BCUT2D eigenvalue weighted by Crippen LogP contribution is 2.23. The second-order valence-electron chi connectivity index (χ2n) is 5.51. The van der Waals surface area contributed by atoms with E-state index in [0.29, 0.717) is 11.5 Å². The molecule has 0 saturated carbocycles. The summed E-state index contributed by atoms with van der Waals surface area (Å²) in [6.45, 7) is 4.84. The van der Waals surface area contributed by atoms with Gasteiger partial charge in [-0.3, -0.25) is 9.59 Å². The number of carboxylic acids is 1. The summed E-state index contributed by atoms with van der Waals surface area (Å²) in [5, 5.41) is 12.6. The lowest BCUT2D eigenvalue weighted by atomic mass is 10.1. The van der Waals surface area contributed by atoms with Crippen LogP contribution in [0.4, 0.5) is 0 Å². The summed E-state index contributed by atoms with van der Waals surface area (Å²) in [4.78, 5) is 24.6. The first-order valence-corrected chi connectivity index (χ1v) is 6.33. The normalized spacial score (nSPS) is 11.4. The summed E-state index contributed by atoms with van der Waals surface area (Å²) in [5.74, 6) is -0.839. The second-order valence-corrected chi connectivity index (χ2v) is 5.51. The van der Waals surface area contributed by atoms with E-state index >= 15 is 0 Å². The zero-order chi connectivity index (χ0) is 15.6. The van der Waals surface area contributed by atoms with Crippen molar-refractivity contribution in [2.24, 2.45) is 0 Å². The Kier molecular flexibility index (Phi) is 3.84. The van der Waals surface area contributed by atoms with E-state index < -0.39 is 24.0 Å². The summed E-state index contributed by atoms with van der Waals surface area (Å²) < 4.78 is 10.2. The molecule has 2 rings (SSSR count). The van der Waals surface area contributed by atoms with Crippen LogP contribution in [0.5, 0.6) is 0 Å². The van der Waals surface area contributed by atoms with E-state index in [1.165, 1.54) is 17.2 Å². The Morgan fingerprint density at radius 3 is 2.57 bits per heavy atom. The summed E-state index contributed by atoms with van der Waals surface area (Å²) in [7, 11) is 0. The Morgan fingerprint density at radius 1 is 1.33 bits per heavy atom. The Labute approximate surface area is 121 Å². The predicted octanol–water partition coefficient (Wildman–Crippen LogP) is 2.26. The number of aliphatic carboxylic acids is 1. The minimum atomic E-state index is -1.09. The molecule has 7 heteroatoms. The molecule has 0 fully saturated rings. The van der Waals surface area contributed by atoms with Crippen LogP contribution in [0.3, 0.4) is 0 Å². The van der Waals surface area contributed by atoms with Gasteiger partial charge in [0.2, 0.25) is 5.76 Å². The summed E-state index contributed by atoms with van der Waals surface area (Å²) in [6.07, 6.45) is 1.48. The van der Waals surface area contributed by atoms with Gasteiger partial charge in [0.25, 0.3) is 5.91 Å². The van der Waals surface area contributed by atoms with Crippen molar-refractivity contribution in [1.82, 2.24) is 10.1 Å². The SMILES string of the molecule is CC(C)(C)N(CC(=O)O)C(=O)c1cc(-c2ccco2)on1. The van der Waals surface area contributed by atoms with Gasteiger partial charge in [0.1, 0.15) is 6.54 Å². The largest absolute Gasteiger partial charge is 0.480 e. The fourth-order valence-electron chi connectivity index (χ4n) is 1.80. The zero-order valence-electron chi connectivity index (χ0n) is 12.0. The topological polar surface area (TPSA) is 96.8 Å². The molecular formula is C14H16N2O5. The summed E-state index contributed by atoms with van der Waals surface area (Å²) in [6, 6.07) is 4.79. The number of hydrogen-bond donors (Lipinski definition) is 1. The highest BCUT2D eigenvalue weighted by Gasteiger charge is 2.31. The van der Waals surface area contributed by atoms with Crippen LogP contribution in [-0.2, 0) is 4.79 Å². The quantitative estimate of drug-likeness (QED) is 0.928. The summed E-state index contributed by atoms with van der Waals surface area (Å²) >= 11 is 0. The molecule has 7 nitrogen and oxygen atoms in total. The molecule has 0 spiro atoms. The van der Waals surface area contributed by atoms with E-state index in [4.69, 9.17) is 14.0 Å². The average Bonchev–Trinajstić information content (AvgIpc) is 3.03. The van der Waals surface area contributed by atoms with Crippen LogP contribution in [0.25, 0.3) is 11.5 Å². The molecule has 1 N–H and O–H groups in total. The van der Waals surface area contributed by atoms with Gasteiger partial charge in [-0.05, 0) is 32.9 Å². The number of carbonyl (C=O) groups excluding carboxylic acids is 1. The first kappa shape index (κ1) is 14.8. The van der Waals surface area contributed by atoms with Crippen molar-refractivity contribution in [1.29, 1.82) is 0 Å². The van der Waals surface area contributed by atoms with Crippen LogP contribution in [0.15, 0.2) is 33.4 Å². The standard InChI is InChI=1S/C14H16N2O5/c1-14(2,3)16(8-12(17)18)13(19)9-7-11(21-15-9)10-5-4-6-20-10/h4-7H,8H2,1-3H3,(H,17,18). The third-order valence-corrected chi connectivity index (χ3v) is 2.84. The van der Waals surface area contributed by atoms with Crippen molar-refractivity contribution in [2.75, 3.05) is 6.54 Å². The number of amides is 1. The van der Waals surface area contributed by atoms with E-state index in [9.17, 15) is 9.59 Å². The predicted molar refractivity (Wildman–Crippen MR) is 72.6 cm³/mol. The second kappa shape index (κ2) is 5.43. The summed E-state index contributed by atoms with van der Waals surface area (Å²) in [5.41, 5.74) is -0.614. The molecule has 2 heterocycles. The van der Waals surface area contributed by atoms with Gasteiger partial charge in [-0.15, -0.1) is 0 Å². The Morgan fingerprint density at radius 2 is 2.05 bits per heavy atom. The minimum absolute atomic E-state index is 0.0394. The molecule has 112 valence electrons. The maximum atomic E-state index is 12.4. The fraction of sp³-hybridized carbons (Fsp3) is 0.357. The van der Waals surface area contributed by atoms with Crippen molar-refractivity contribution in [3.05, 3.63) is 30.2 Å². The van der Waals surface area contributed by atoms with Crippen LogP contribution in [-0.4, -0.2) is 39.1 Å². The van der Waals surface area contributed by atoms with Crippen molar-refractivity contribution in [3.8, 4) is 11.5 Å². The number of hydrogen-bond acceptors (Lipinski definition) is 5. The zero-order valence-corrected chi connectivity index (χ0v) is 12.0. The van der Waals surface area contributed by atoms with Gasteiger partial charge < -0.3 is 18.9 Å². The van der Waals surface area contributed by atoms with Crippen LogP contribution < -0.4 is 0 Å². The third kappa shape index (κ3) is 3.31. The van der Waals surface area contributed by atoms with Crippen LogP contribution >= 0.6 is 0 Å². The Balaban J connectivity index is 2.27. The molecule has 0 aromatic carbocycles. The van der Waals surface area contributed by atoms with Crippen LogP contribution in [0, 0.1) is 0 Å². The molecule has 0 bridgehead atoms. The lowest BCUT2D eigenvalue weighted by Crippen LogP contribution is -2.48. The fourth-order valence-corrected chi connectivity index (χ4v) is 1.80. The number of carboxylic acid groups (broad SMARTS) is 1. The van der Waals surface area contributed by atoms with Gasteiger partial charge in [0.15, 0.2) is 11.5 Å². The maximum Gasteiger partial charge on any atom is 0.323 e. The molecule has 21 heavy (non-hydrogen) atoms. The van der Waals surface area contributed by atoms with E-state index in [0.717, 1.165) is 0 Å². The molecule has 0 unspecified atom stereocenters. The monoisotopic (exact) mass is 292 g/mol. The van der Waals surface area contributed by atoms with Crippen molar-refractivity contribution >= 4 is 11.9 Å². The number of aromatic nitrogens is 1. The Hall–Kier alpha value is -2.57. The molecule has 0 atom stereocenters. The number of rotatable bonds is 4. The number of carbonyl (C=O) groups is 2. The molecule has 0 aliphatic heterocycles. The molecular weight excluding hydrogens is 276 g/mol. The Bertz CT molecular complexity index is 637. The molecule has 0 aliphatic rings. The molecule has 1 amide bonds. The van der Waals surface area contributed by atoms with Gasteiger partial charge >= 0.3 is 5.97 Å². The third-order valence-electron chi connectivity index (χ3n) is 2.84. The lowest BCUT2D eigenvalue weighted by Gasteiger charge is -2.33. The molecule has 0 radical (unpaired) electrons. The first-order chi connectivity index (χ1) is 9.79. The molecule has 0 saturated heterocycles. The van der Waals surface area contributed by atoms with Gasteiger partial charge in [0.05, 0.1) is 6.26 Å². The van der Waals surface area contributed by atoms with E-state index in [2.05, 4.69) is 5.16 Å². The van der Waals surface area contributed by atoms with Crippen molar-refractivity contribution in [3.63, 3.8) is 0 Å². The van der Waals surface area contributed by atoms with Gasteiger partial charge in [-0.2, -0.15) is 0 Å². The first-order valence-electron chi connectivity index (χ1n) is 6.33. The van der Waals surface area contributed by atoms with Crippen molar-refractivity contribution < 1.29 is 23.6 Å². The van der Waals surface area contributed by atoms with Crippen LogP contribution in [0.1, 0.15) is 31.3 Å². The highest BCUT2D eigenvalue weighted by molar-refractivity contribution is 5.95. The van der Waals surface area contributed by atoms with E-state index in [-0.39, 0.29) is 5.69 Å². The van der Waals surface area contributed by atoms with Gasteiger partial charge in [0, 0.05) is 11.6 Å². The lowest BCUT2D eigenvalue weighted by molar-refractivity contribution is -0.138. The van der Waals surface area contributed by atoms with Gasteiger partial charge in [-0.25, -0.2) is 0 Å². The number of nitrogens with zero attached hydrogens (tertiary/aromatic N) is 2. The maximum absolute atomic E-state index is 12.4. The van der Waals surface area contributed by atoms with Gasteiger partial charge in [-0.1, -0.05) is 5.16 Å². The molecule has 0 aliphatic carbocycles. The van der Waals surface area contributed by atoms with Crippen molar-refractivity contribution in [2.45, 2.75) is 26.3 Å². The van der Waals surface area contributed by atoms with E-state index in [1.807, 2.05) is 0 Å². The smallest absolute Gasteiger partial charge is 0.323 e. The van der Waals surface area contributed by atoms with E-state index in [1.54, 1.807) is 32.9 Å². The molecule has 2 aromatic heterocycles.